The fourth-order valence-electron chi connectivity index (χ4n) is 0.561. The molecule has 0 aliphatic heterocycles. The second-order valence-electron chi connectivity index (χ2n) is 1.82. The van der Waals surface area contributed by atoms with Gasteiger partial charge in [0.1, 0.15) is 0 Å². The first kappa shape index (κ1) is 10.6. The van der Waals surface area contributed by atoms with E-state index in [0.29, 0.717) is 0 Å². The normalized spacial score (nSPS) is 10.3. The van der Waals surface area contributed by atoms with Crippen LogP contribution in [0.2, 0.25) is 0 Å². The Morgan fingerprint density at radius 1 is 0.909 bits per heavy atom. The average Bonchev–Trinajstić information content (AvgIpc) is 1.97. The molecule has 0 nitrogen and oxygen atoms in total. The minimum Gasteiger partial charge on any atom is -0.141 e. The van der Waals surface area contributed by atoms with Crippen molar-refractivity contribution < 1.29 is 0 Å². The molecular weight excluding hydrogens is 424 g/mol. The summed E-state index contributed by atoms with van der Waals surface area (Å²) in [6, 6.07) is 1.95. The van der Waals surface area contributed by atoms with Gasteiger partial charge in [-0.25, -0.2) is 0 Å². The van der Waals surface area contributed by atoms with Crippen LogP contribution >= 0.6 is 76.3 Å². The van der Waals surface area contributed by atoms with Gasteiger partial charge in [0, 0.05) is 22.8 Å². The van der Waals surface area contributed by atoms with Crippen molar-refractivity contribution in [1.82, 2.24) is 0 Å². The van der Waals surface area contributed by atoms with Crippen LogP contribution in [0.25, 0.3) is 0 Å². The van der Waals surface area contributed by atoms with Gasteiger partial charge in [-0.15, -0.1) is 12.6 Å². The maximum atomic E-state index is 4.30. The molecule has 60 valence electrons. The summed E-state index contributed by atoms with van der Waals surface area (Å²) in [5.41, 5.74) is 0. The molecule has 1 aromatic carbocycles. The van der Waals surface area contributed by atoms with Gasteiger partial charge >= 0.3 is 0 Å². The molecule has 0 radical (unpaired) electrons. The van der Waals surface area contributed by atoms with Gasteiger partial charge in [0.25, 0.3) is 0 Å². The molecule has 1 rings (SSSR count). The zero-order valence-corrected chi connectivity index (χ0v) is 12.3. The van der Waals surface area contributed by atoms with Crippen molar-refractivity contribution in [2.45, 2.75) is 4.90 Å². The van der Waals surface area contributed by atoms with E-state index in [2.05, 4.69) is 76.3 Å². The number of halogens is 4. The highest BCUT2D eigenvalue weighted by Gasteiger charge is 2.08. The number of benzene rings is 1. The quantitative estimate of drug-likeness (QED) is 0.438. The number of thiol groups is 1. The fraction of sp³-hybridized carbons (Fsp3) is 0. The predicted octanol–water partition coefficient (Wildman–Crippen LogP) is 5.03. The molecule has 5 heteroatoms. The average molecular weight is 426 g/mol. The van der Waals surface area contributed by atoms with Crippen molar-refractivity contribution in [1.29, 1.82) is 0 Å². The van der Waals surface area contributed by atoms with E-state index in [-0.39, 0.29) is 0 Å². The molecule has 0 unspecified atom stereocenters. The molecular formula is C6H2Br4S. The Hall–Kier alpha value is 1.49. The molecule has 0 N–H and O–H groups in total. The second kappa shape index (κ2) is 4.13. The molecule has 0 heterocycles. The van der Waals surface area contributed by atoms with Crippen LogP contribution in [-0.4, -0.2) is 0 Å². The molecule has 0 atom stereocenters. The molecule has 0 fully saturated rings. The van der Waals surface area contributed by atoms with Gasteiger partial charge in [-0.2, -0.15) is 0 Å². The van der Waals surface area contributed by atoms with E-state index in [4.69, 9.17) is 0 Å². The highest BCUT2D eigenvalue weighted by molar-refractivity contribution is 9.14. The Kier molecular flexibility index (Phi) is 3.97. The van der Waals surface area contributed by atoms with Crippen LogP contribution < -0.4 is 0 Å². The van der Waals surface area contributed by atoms with Crippen molar-refractivity contribution in [3.05, 3.63) is 24.0 Å². The van der Waals surface area contributed by atoms with Crippen molar-refractivity contribution in [2.75, 3.05) is 0 Å². The SMILES string of the molecule is Sc1c(Br)c(Br)cc(Br)c1Br. The van der Waals surface area contributed by atoms with Crippen molar-refractivity contribution in [3.63, 3.8) is 0 Å². The molecule has 0 aromatic heterocycles. The molecule has 0 saturated carbocycles. The van der Waals surface area contributed by atoms with Crippen LogP contribution in [0.5, 0.6) is 0 Å². The van der Waals surface area contributed by atoms with Crippen molar-refractivity contribution in [3.8, 4) is 0 Å². The van der Waals surface area contributed by atoms with Crippen LogP contribution in [0.1, 0.15) is 0 Å². The van der Waals surface area contributed by atoms with Crippen LogP contribution in [0.3, 0.4) is 0 Å². The number of rotatable bonds is 0. The Bertz CT molecular complexity index is 271. The Morgan fingerprint density at radius 2 is 1.27 bits per heavy atom. The van der Waals surface area contributed by atoms with Gasteiger partial charge in [-0.05, 0) is 69.8 Å². The monoisotopic (exact) mass is 422 g/mol. The Morgan fingerprint density at radius 3 is 1.64 bits per heavy atom. The summed E-state index contributed by atoms with van der Waals surface area (Å²) < 4.78 is 3.88. The van der Waals surface area contributed by atoms with Crippen molar-refractivity contribution in [2.24, 2.45) is 0 Å². The van der Waals surface area contributed by atoms with E-state index >= 15 is 0 Å². The van der Waals surface area contributed by atoms with Gasteiger partial charge in [0.05, 0.1) is 0 Å². The lowest BCUT2D eigenvalue weighted by Gasteiger charge is -2.04. The molecule has 0 aliphatic carbocycles. The van der Waals surface area contributed by atoms with E-state index in [0.717, 1.165) is 22.8 Å². The van der Waals surface area contributed by atoms with E-state index in [1.54, 1.807) is 0 Å². The minimum atomic E-state index is 0.881. The summed E-state index contributed by atoms with van der Waals surface area (Å²) in [4.78, 5) is 0.881. The van der Waals surface area contributed by atoms with E-state index in [9.17, 15) is 0 Å². The molecule has 0 bridgehead atoms. The van der Waals surface area contributed by atoms with Gasteiger partial charge in [0.2, 0.25) is 0 Å². The molecule has 0 aliphatic rings. The third-order valence-corrected chi connectivity index (χ3v) is 6.11. The standard InChI is InChI=1S/C6H2Br4S/c7-2-1-3(8)5(10)6(11)4(2)9/h1,11H. The first-order chi connectivity index (χ1) is 5.04. The third kappa shape index (κ3) is 2.24. The first-order valence-electron chi connectivity index (χ1n) is 2.56. The molecule has 0 saturated heterocycles. The molecule has 0 amide bonds. The zero-order valence-electron chi connectivity index (χ0n) is 5.04. The van der Waals surface area contributed by atoms with Gasteiger partial charge in [-0.3, -0.25) is 0 Å². The second-order valence-corrected chi connectivity index (χ2v) is 5.56. The van der Waals surface area contributed by atoms with E-state index in [1.807, 2.05) is 6.07 Å². The minimum absolute atomic E-state index is 0.881. The smallest absolute Gasteiger partial charge is 0.0463 e. The summed E-state index contributed by atoms with van der Waals surface area (Å²) in [6.07, 6.45) is 0. The summed E-state index contributed by atoms with van der Waals surface area (Å²) in [6.45, 7) is 0. The maximum absolute atomic E-state index is 4.30. The summed E-state index contributed by atoms with van der Waals surface area (Å²) in [5.74, 6) is 0. The highest BCUT2D eigenvalue weighted by atomic mass is 79.9. The maximum Gasteiger partial charge on any atom is 0.0463 e. The van der Waals surface area contributed by atoms with Crippen LogP contribution in [-0.2, 0) is 0 Å². The van der Waals surface area contributed by atoms with Crippen molar-refractivity contribution >= 4 is 76.3 Å². The van der Waals surface area contributed by atoms with Crippen LogP contribution in [0.15, 0.2) is 28.9 Å². The molecule has 0 spiro atoms. The lowest BCUT2D eigenvalue weighted by atomic mass is 10.4. The molecule has 1 aromatic rings. The largest absolute Gasteiger partial charge is 0.141 e. The van der Waals surface area contributed by atoms with E-state index in [1.165, 1.54) is 0 Å². The van der Waals surface area contributed by atoms with Gasteiger partial charge < -0.3 is 0 Å². The number of hydrogen-bond acceptors (Lipinski definition) is 1. The Labute approximate surface area is 104 Å². The summed E-state index contributed by atoms with van der Waals surface area (Å²) >= 11 is 17.8. The fourth-order valence-corrected chi connectivity index (χ4v) is 3.16. The Balaban J connectivity index is 3.46. The third-order valence-electron chi connectivity index (χ3n) is 1.09. The summed E-state index contributed by atoms with van der Waals surface area (Å²) in [7, 11) is 0. The lowest BCUT2D eigenvalue weighted by molar-refractivity contribution is 1.32. The van der Waals surface area contributed by atoms with Crippen LogP contribution in [0.4, 0.5) is 0 Å². The van der Waals surface area contributed by atoms with E-state index < -0.39 is 0 Å². The zero-order chi connectivity index (χ0) is 8.59. The van der Waals surface area contributed by atoms with Gasteiger partial charge in [0.15, 0.2) is 0 Å². The highest BCUT2D eigenvalue weighted by Crippen LogP contribution is 2.39. The molecule has 11 heavy (non-hydrogen) atoms. The topological polar surface area (TPSA) is 0 Å². The lowest BCUT2D eigenvalue weighted by Crippen LogP contribution is -1.78. The predicted molar refractivity (Wildman–Crippen MR) is 64.5 cm³/mol. The van der Waals surface area contributed by atoms with Crippen LogP contribution in [0, 0.1) is 0 Å². The van der Waals surface area contributed by atoms with Gasteiger partial charge in [-0.1, -0.05) is 0 Å². The number of hydrogen-bond donors (Lipinski definition) is 1. The summed E-state index contributed by atoms with van der Waals surface area (Å²) in [5, 5.41) is 0. The first-order valence-corrected chi connectivity index (χ1v) is 6.18.